The number of oxime groups is 1. The summed E-state index contributed by atoms with van der Waals surface area (Å²) in [4.78, 5) is 24.9. The van der Waals surface area contributed by atoms with Gasteiger partial charge in [-0.25, -0.2) is 4.98 Å². The Morgan fingerprint density at radius 2 is 1.88 bits per heavy atom. The van der Waals surface area contributed by atoms with Gasteiger partial charge in [0.1, 0.15) is 10.6 Å². The van der Waals surface area contributed by atoms with Gasteiger partial charge in [-0.3, -0.25) is 15.0 Å². The number of piperazine rings is 1. The van der Waals surface area contributed by atoms with Gasteiger partial charge in [-0.05, 0) is 29.3 Å². The molecule has 1 fully saturated rings. The summed E-state index contributed by atoms with van der Waals surface area (Å²) >= 11 is 0. The van der Waals surface area contributed by atoms with E-state index in [1.54, 1.807) is 13.2 Å². The van der Waals surface area contributed by atoms with Crippen molar-refractivity contribution in [1.29, 1.82) is 0 Å². The Kier molecular flexibility index (Phi) is 6.13. The van der Waals surface area contributed by atoms with E-state index >= 15 is 0 Å². The van der Waals surface area contributed by atoms with Crippen LogP contribution in [-0.2, 0) is 11.4 Å². The maximum Gasteiger partial charge on any atom is 0.433 e. The molecular formula is C24H25N5O5. The fraction of sp³-hybridized carbons (Fsp3) is 0.333. The highest BCUT2D eigenvalue weighted by atomic mass is 16.7. The van der Waals surface area contributed by atoms with Crippen LogP contribution in [0.3, 0.4) is 0 Å². The molecule has 1 aromatic carbocycles. The Morgan fingerprint density at radius 1 is 1.09 bits per heavy atom. The van der Waals surface area contributed by atoms with Gasteiger partial charge in [0.2, 0.25) is 5.88 Å². The second-order valence-corrected chi connectivity index (χ2v) is 8.29. The number of nitro groups is 1. The molecular weight excluding hydrogens is 438 g/mol. The van der Waals surface area contributed by atoms with E-state index in [1.165, 1.54) is 17.3 Å². The Hall–Kier alpha value is -3.92. The van der Waals surface area contributed by atoms with E-state index < -0.39 is 4.92 Å². The lowest BCUT2D eigenvalue weighted by atomic mass is 10.0. The van der Waals surface area contributed by atoms with E-state index in [-0.39, 0.29) is 12.0 Å². The summed E-state index contributed by atoms with van der Waals surface area (Å²) in [5, 5.41) is 14.9. The number of methoxy groups -OCH3 is 1. The van der Waals surface area contributed by atoms with E-state index in [0.29, 0.717) is 23.8 Å². The van der Waals surface area contributed by atoms with Gasteiger partial charge in [-0.15, -0.1) is 0 Å². The zero-order valence-electron chi connectivity index (χ0n) is 18.8. The molecule has 0 saturated carbocycles. The molecule has 0 amide bonds. The van der Waals surface area contributed by atoms with Crippen LogP contribution in [0.15, 0.2) is 64.3 Å². The summed E-state index contributed by atoms with van der Waals surface area (Å²) in [6.07, 6.45) is 2.14. The van der Waals surface area contributed by atoms with Gasteiger partial charge in [-0.2, -0.15) is 0 Å². The highest BCUT2D eigenvalue weighted by Gasteiger charge is 2.27. The maximum absolute atomic E-state index is 10.8. The van der Waals surface area contributed by atoms with Crippen LogP contribution in [0.2, 0.25) is 0 Å². The smallest absolute Gasteiger partial charge is 0.433 e. The van der Waals surface area contributed by atoms with Gasteiger partial charge >= 0.3 is 5.88 Å². The van der Waals surface area contributed by atoms with Gasteiger partial charge in [0.05, 0.1) is 13.2 Å². The molecule has 0 spiro atoms. The lowest BCUT2D eigenvalue weighted by molar-refractivity contribution is -0.402. The molecule has 0 N–H and O–H groups in total. The lowest BCUT2D eigenvalue weighted by Crippen LogP contribution is -2.45. The maximum atomic E-state index is 10.8. The van der Waals surface area contributed by atoms with Crippen LogP contribution in [0.1, 0.15) is 29.4 Å². The summed E-state index contributed by atoms with van der Waals surface area (Å²) in [5.41, 5.74) is 3.94. The summed E-state index contributed by atoms with van der Waals surface area (Å²) in [7, 11) is 1.62. The third-order valence-corrected chi connectivity index (χ3v) is 6.14. The average Bonchev–Trinajstić information content (AvgIpc) is 3.56. The molecule has 1 atom stereocenters. The van der Waals surface area contributed by atoms with Crippen molar-refractivity contribution in [3.63, 3.8) is 0 Å². The molecule has 0 radical (unpaired) electrons. The van der Waals surface area contributed by atoms with Crippen LogP contribution in [0.5, 0.6) is 5.88 Å². The monoisotopic (exact) mass is 463 g/mol. The van der Waals surface area contributed by atoms with Crippen molar-refractivity contribution in [1.82, 2.24) is 9.88 Å². The number of ether oxygens (including phenoxy) is 1. The standard InChI is InChI=1S/C24H25N5O5/c1-32-23-8-2-17(15-25-23)16-27-10-12-28(13-11-27)19-5-3-18(4-6-19)22-14-20(26-34-22)21-7-9-24(33-21)29(30)31/h2-9,15,22H,10-14,16H2,1H3. The summed E-state index contributed by atoms with van der Waals surface area (Å²) in [5.74, 6) is 0.702. The first kappa shape index (κ1) is 21.9. The molecule has 34 heavy (non-hydrogen) atoms. The van der Waals surface area contributed by atoms with E-state index in [4.69, 9.17) is 14.0 Å². The number of rotatable bonds is 7. The largest absolute Gasteiger partial charge is 0.481 e. The van der Waals surface area contributed by atoms with E-state index in [2.05, 4.69) is 50.3 Å². The third-order valence-electron chi connectivity index (χ3n) is 6.14. The van der Waals surface area contributed by atoms with E-state index in [1.807, 2.05) is 12.3 Å². The van der Waals surface area contributed by atoms with Crippen molar-refractivity contribution < 1.29 is 18.9 Å². The predicted molar refractivity (Wildman–Crippen MR) is 125 cm³/mol. The molecule has 0 bridgehead atoms. The Bertz CT molecular complexity index is 1170. The SMILES string of the molecule is COc1ccc(CN2CCN(c3ccc(C4CC(c5ccc([N+](=O)[O-])o5)=NO4)cc3)CC2)cn1. The van der Waals surface area contributed by atoms with Gasteiger partial charge < -0.3 is 18.9 Å². The van der Waals surface area contributed by atoms with Crippen LogP contribution in [0.4, 0.5) is 11.6 Å². The predicted octanol–water partition coefficient (Wildman–Crippen LogP) is 3.78. The number of furan rings is 1. The molecule has 1 unspecified atom stereocenters. The molecule has 176 valence electrons. The molecule has 2 aliphatic heterocycles. The Morgan fingerprint density at radius 3 is 2.53 bits per heavy atom. The minimum atomic E-state index is -0.563. The number of hydrogen-bond acceptors (Lipinski definition) is 9. The van der Waals surface area contributed by atoms with Crippen molar-refractivity contribution >= 4 is 17.3 Å². The van der Waals surface area contributed by atoms with Crippen LogP contribution >= 0.6 is 0 Å². The molecule has 2 aliphatic rings. The van der Waals surface area contributed by atoms with Gasteiger partial charge in [0.25, 0.3) is 0 Å². The van der Waals surface area contributed by atoms with Crippen molar-refractivity contribution in [3.8, 4) is 5.88 Å². The molecule has 10 heteroatoms. The summed E-state index contributed by atoms with van der Waals surface area (Å²) < 4.78 is 10.4. The van der Waals surface area contributed by atoms with Crippen LogP contribution in [0, 0.1) is 10.1 Å². The third kappa shape index (κ3) is 4.72. The first-order valence-electron chi connectivity index (χ1n) is 11.1. The minimum Gasteiger partial charge on any atom is -0.481 e. The summed E-state index contributed by atoms with van der Waals surface area (Å²) in [6.45, 7) is 4.74. The van der Waals surface area contributed by atoms with Crippen molar-refractivity contribution in [2.75, 3.05) is 38.2 Å². The number of benzene rings is 1. The highest BCUT2D eigenvalue weighted by molar-refractivity contribution is 5.99. The van der Waals surface area contributed by atoms with Crippen LogP contribution in [-0.4, -0.2) is 53.8 Å². The van der Waals surface area contributed by atoms with Crippen LogP contribution < -0.4 is 9.64 Å². The van der Waals surface area contributed by atoms with Crippen molar-refractivity contribution in [2.45, 2.75) is 19.1 Å². The fourth-order valence-corrected chi connectivity index (χ4v) is 4.23. The molecule has 1 saturated heterocycles. The molecule has 5 rings (SSSR count). The van der Waals surface area contributed by atoms with E-state index in [0.717, 1.165) is 38.3 Å². The average molecular weight is 463 g/mol. The first-order valence-corrected chi connectivity index (χ1v) is 11.1. The second kappa shape index (κ2) is 9.52. The number of anilines is 1. The topological polar surface area (TPSA) is 106 Å². The first-order chi connectivity index (χ1) is 16.6. The van der Waals surface area contributed by atoms with Crippen molar-refractivity contribution in [3.05, 3.63) is 81.7 Å². The minimum absolute atomic E-state index is 0.233. The number of pyridine rings is 1. The lowest BCUT2D eigenvalue weighted by Gasteiger charge is -2.36. The van der Waals surface area contributed by atoms with Crippen LogP contribution in [0.25, 0.3) is 0 Å². The number of hydrogen-bond donors (Lipinski definition) is 0. The molecule has 4 heterocycles. The quantitative estimate of drug-likeness (QED) is 0.385. The number of aromatic nitrogens is 1. The molecule has 10 nitrogen and oxygen atoms in total. The molecule has 0 aliphatic carbocycles. The van der Waals surface area contributed by atoms with Gasteiger partial charge in [-0.1, -0.05) is 23.4 Å². The normalized spacial score (nSPS) is 18.4. The zero-order valence-corrected chi connectivity index (χ0v) is 18.8. The van der Waals surface area contributed by atoms with Gasteiger partial charge in [0.15, 0.2) is 11.9 Å². The number of nitrogens with zero attached hydrogens (tertiary/aromatic N) is 5. The van der Waals surface area contributed by atoms with Gasteiger partial charge in [0, 0.05) is 57.1 Å². The zero-order chi connectivity index (χ0) is 23.5. The Balaban J connectivity index is 1.13. The Labute approximate surface area is 196 Å². The van der Waals surface area contributed by atoms with Crippen molar-refractivity contribution in [2.24, 2.45) is 5.16 Å². The fourth-order valence-electron chi connectivity index (χ4n) is 4.23. The molecule has 3 aromatic rings. The summed E-state index contributed by atoms with van der Waals surface area (Å²) in [6, 6.07) is 15.2. The second-order valence-electron chi connectivity index (χ2n) is 8.29. The van der Waals surface area contributed by atoms with E-state index in [9.17, 15) is 10.1 Å². The molecule has 2 aromatic heterocycles. The highest BCUT2D eigenvalue weighted by Crippen LogP contribution is 2.32.